The molecule has 0 atom stereocenters. The Balaban J connectivity index is 1.63. The first-order valence-electron chi connectivity index (χ1n) is 8.17. The maximum absolute atomic E-state index is 12.1. The number of benzene rings is 2. The molecule has 0 fully saturated rings. The highest BCUT2D eigenvalue weighted by Crippen LogP contribution is 2.21. The molecule has 0 unspecified atom stereocenters. The number of rotatable bonds is 6. The highest BCUT2D eigenvalue weighted by Gasteiger charge is 2.09. The van der Waals surface area contributed by atoms with Crippen LogP contribution in [0.1, 0.15) is 21.5 Å². The highest BCUT2D eigenvalue weighted by atomic mass is 79.9. The molecule has 0 spiro atoms. The smallest absolute Gasteiger partial charge is 0.345 e. The van der Waals surface area contributed by atoms with E-state index in [0.29, 0.717) is 17.9 Å². The van der Waals surface area contributed by atoms with E-state index in [0.717, 1.165) is 16.5 Å². The molecule has 26 heavy (non-hydrogen) atoms. The minimum absolute atomic E-state index is 0.408. The number of pyridine rings is 1. The van der Waals surface area contributed by atoms with Crippen LogP contribution in [0.4, 0.5) is 0 Å². The van der Waals surface area contributed by atoms with Crippen molar-refractivity contribution in [2.24, 2.45) is 4.99 Å². The second-order valence-electron chi connectivity index (χ2n) is 5.62. The molecule has 0 bridgehead atoms. The summed E-state index contributed by atoms with van der Waals surface area (Å²) in [6.45, 7) is 0.696. The Morgan fingerprint density at radius 3 is 2.73 bits per heavy atom. The zero-order valence-electron chi connectivity index (χ0n) is 14.0. The van der Waals surface area contributed by atoms with E-state index in [1.807, 2.05) is 24.3 Å². The van der Waals surface area contributed by atoms with Gasteiger partial charge in [-0.25, -0.2) is 4.79 Å². The monoisotopic (exact) mass is 408 g/mol. The fourth-order valence-corrected chi connectivity index (χ4v) is 2.87. The number of carbonyl (C=O) groups is 1. The molecular formula is C21H17BrN2O2. The van der Waals surface area contributed by atoms with E-state index in [-0.39, 0.29) is 0 Å². The third kappa shape index (κ3) is 5.36. The van der Waals surface area contributed by atoms with Crippen LogP contribution in [-0.4, -0.2) is 23.7 Å². The molecule has 1 heterocycles. The van der Waals surface area contributed by atoms with Gasteiger partial charge in [-0.15, -0.1) is 0 Å². The number of ether oxygens (including phenoxy) is 1. The lowest BCUT2D eigenvalue weighted by Gasteiger charge is -2.06. The van der Waals surface area contributed by atoms with E-state index >= 15 is 0 Å². The largest absolute Gasteiger partial charge is 0.423 e. The second-order valence-corrected chi connectivity index (χ2v) is 6.54. The number of aliphatic imine (C=N–C) groups is 1. The van der Waals surface area contributed by atoms with Crippen LogP contribution in [0.25, 0.3) is 0 Å². The Morgan fingerprint density at radius 1 is 1.12 bits per heavy atom. The van der Waals surface area contributed by atoms with E-state index in [1.54, 1.807) is 36.7 Å². The summed E-state index contributed by atoms with van der Waals surface area (Å²) in [7, 11) is 0. The van der Waals surface area contributed by atoms with Gasteiger partial charge in [0.05, 0.1) is 5.56 Å². The Bertz CT molecular complexity index is 896. The molecule has 0 radical (unpaired) electrons. The fraction of sp³-hybridized carbons (Fsp3) is 0.0952. The summed E-state index contributed by atoms with van der Waals surface area (Å²) in [5.74, 6) is 0.0147. The molecule has 3 rings (SSSR count). The van der Waals surface area contributed by atoms with Gasteiger partial charge in [0.15, 0.2) is 0 Å². The minimum Gasteiger partial charge on any atom is -0.423 e. The standard InChI is InChI=1S/C21H17BrN2O2/c22-19-11-17(14-24-10-8-16-5-2-1-3-6-16)12-20(13-19)26-21(25)18-7-4-9-23-15-18/h1-7,9,11-15H,8,10H2. The molecule has 130 valence electrons. The van der Waals surface area contributed by atoms with Gasteiger partial charge in [-0.1, -0.05) is 46.3 Å². The Morgan fingerprint density at radius 2 is 1.96 bits per heavy atom. The molecule has 1 aromatic heterocycles. The maximum atomic E-state index is 12.1. The first-order valence-corrected chi connectivity index (χ1v) is 8.96. The number of hydrogen-bond donors (Lipinski definition) is 0. The normalized spacial score (nSPS) is 10.8. The number of halogens is 1. The molecule has 0 aliphatic carbocycles. The van der Waals surface area contributed by atoms with Crippen LogP contribution in [0.2, 0.25) is 0 Å². The van der Waals surface area contributed by atoms with E-state index < -0.39 is 5.97 Å². The fourth-order valence-electron chi connectivity index (χ4n) is 2.38. The van der Waals surface area contributed by atoms with Crippen molar-refractivity contribution in [1.29, 1.82) is 0 Å². The molecule has 3 aromatic rings. The summed E-state index contributed by atoms with van der Waals surface area (Å²) in [5.41, 5.74) is 2.52. The van der Waals surface area contributed by atoms with Crippen molar-refractivity contribution in [3.05, 3.63) is 94.2 Å². The van der Waals surface area contributed by atoms with Gasteiger partial charge in [0.2, 0.25) is 0 Å². The molecule has 2 aromatic carbocycles. The lowest BCUT2D eigenvalue weighted by atomic mass is 10.1. The van der Waals surface area contributed by atoms with Gasteiger partial charge in [-0.05, 0) is 47.9 Å². The van der Waals surface area contributed by atoms with E-state index in [4.69, 9.17) is 4.74 Å². The van der Waals surface area contributed by atoms with Crippen molar-refractivity contribution in [3.8, 4) is 5.75 Å². The number of esters is 1. The average molecular weight is 409 g/mol. The van der Waals surface area contributed by atoms with Crippen LogP contribution in [0, 0.1) is 0 Å². The topological polar surface area (TPSA) is 51.5 Å². The summed E-state index contributed by atoms with van der Waals surface area (Å²) in [4.78, 5) is 20.5. The first-order chi connectivity index (χ1) is 12.7. The quantitative estimate of drug-likeness (QED) is 0.336. The zero-order valence-corrected chi connectivity index (χ0v) is 15.6. The Kier molecular flexibility index (Phi) is 6.28. The van der Waals surface area contributed by atoms with Crippen LogP contribution in [-0.2, 0) is 6.42 Å². The van der Waals surface area contributed by atoms with Gasteiger partial charge < -0.3 is 4.74 Å². The van der Waals surface area contributed by atoms with Gasteiger partial charge >= 0.3 is 5.97 Å². The van der Waals surface area contributed by atoms with Crippen molar-refractivity contribution in [2.45, 2.75) is 6.42 Å². The van der Waals surface area contributed by atoms with Crippen LogP contribution in [0.3, 0.4) is 0 Å². The van der Waals surface area contributed by atoms with Crippen LogP contribution in [0.15, 0.2) is 82.5 Å². The molecule has 0 saturated carbocycles. The highest BCUT2D eigenvalue weighted by molar-refractivity contribution is 9.10. The third-order valence-corrected chi connectivity index (χ3v) is 4.07. The first kappa shape index (κ1) is 18.0. The summed E-state index contributed by atoms with van der Waals surface area (Å²) in [6, 6.07) is 19.0. The zero-order chi connectivity index (χ0) is 18.2. The van der Waals surface area contributed by atoms with Gasteiger partial charge in [0.1, 0.15) is 5.75 Å². The van der Waals surface area contributed by atoms with Gasteiger partial charge in [-0.3, -0.25) is 9.98 Å². The lowest BCUT2D eigenvalue weighted by molar-refractivity contribution is 0.0734. The predicted molar refractivity (Wildman–Crippen MR) is 106 cm³/mol. The molecular weight excluding hydrogens is 392 g/mol. The van der Waals surface area contributed by atoms with Gasteiger partial charge in [0.25, 0.3) is 0 Å². The number of aromatic nitrogens is 1. The van der Waals surface area contributed by atoms with E-state index in [1.165, 1.54) is 11.8 Å². The summed E-state index contributed by atoms with van der Waals surface area (Å²) < 4.78 is 6.24. The minimum atomic E-state index is -0.442. The van der Waals surface area contributed by atoms with Crippen molar-refractivity contribution >= 4 is 28.1 Å². The molecule has 5 heteroatoms. The molecule has 4 nitrogen and oxygen atoms in total. The van der Waals surface area contributed by atoms with Crippen molar-refractivity contribution in [3.63, 3.8) is 0 Å². The molecule has 0 saturated heterocycles. The SMILES string of the molecule is O=C(Oc1cc(Br)cc(C=NCCc2ccccc2)c1)c1cccnc1. The van der Waals surface area contributed by atoms with Crippen LogP contribution < -0.4 is 4.74 Å². The number of hydrogen-bond acceptors (Lipinski definition) is 4. The van der Waals surface area contributed by atoms with Gasteiger partial charge in [-0.2, -0.15) is 0 Å². The molecule has 0 N–H and O–H groups in total. The average Bonchev–Trinajstić information content (AvgIpc) is 2.66. The maximum Gasteiger partial charge on any atom is 0.345 e. The lowest BCUT2D eigenvalue weighted by Crippen LogP contribution is -2.08. The molecule has 0 aliphatic heterocycles. The third-order valence-electron chi connectivity index (χ3n) is 3.61. The number of nitrogens with zero attached hydrogens (tertiary/aromatic N) is 2. The molecule has 0 aliphatic rings. The molecule has 0 amide bonds. The van der Waals surface area contributed by atoms with Gasteiger partial charge in [0, 0.05) is 29.6 Å². The van der Waals surface area contributed by atoms with Crippen molar-refractivity contribution in [2.75, 3.05) is 6.54 Å². The van der Waals surface area contributed by atoms with Crippen molar-refractivity contribution in [1.82, 2.24) is 4.98 Å². The Hall–Kier alpha value is -2.79. The van der Waals surface area contributed by atoms with E-state index in [2.05, 4.69) is 38.0 Å². The summed E-state index contributed by atoms with van der Waals surface area (Å²) >= 11 is 3.44. The predicted octanol–water partition coefficient (Wildman–Crippen LogP) is 4.72. The Labute approximate surface area is 160 Å². The van der Waals surface area contributed by atoms with E-state index in [9.17, 15) is 4.79 Å². The van der Waals surface area contributed by atoms with Crippen molar-refractivity contribution < 1.29 is 9.53 Å². The van der Waals surface area contributed by atoms with Crippen LogP contribution in [0.5, 0.6) is 5.75 Å². The summed E-state index contributed by atoms with van der Waals surface area (Å²) in [6.07, 6.45) is 5.76. The van der Waals surface area contributed by atoms with Crippen LogP contribution >= 0.6 is 15.9 Å². The second kappa shape index (κ2) is 9.06. The summed E-state index contributed by atoms with van der Waals surface area (Å²) in [5, 5.41) is 0. The number of carbonyl (C=O) groups excluding carboxylic acids is 1.